The normalized spacial score (nSPS) is 14.6. The third-order valence-corrected chi connectivity index (χ3v) is 6.54. The van der Waals surface area contributed by atoms with Gasteiger partial charge >= 0.3 is 0 Å². The maximum Gasteiger partial charge on any atom is 0.235 e. The summed E-state index contributed by atoms with van der Waals surface area (Å²) < 4.78 is 6.59. The standard InChI is InChI=1S/C21H22N4O2S2/c1-15(19(26)25-13-5-6-14-25)28-21-24-23-20(29-21)22-16-9-11-18(12-10-16)27-17-7-3-2-4-8-17/h2-4,7-12,15H,5-6,13-14H2,1H3,(H,22,23)/t15-/m1/s1. The topological polar surface area (TPSA) is 67.4 Å². The number of nitrogens with zero attached hydrogens (tertiary/aromatic N) is 3. The molecule has 1 N–H and O–H groups in total. The van der Waals surface area contributed by atoms with Crippen LogP contribution in [0.15, 0.2) is 58.9 Å². The Balaban J connectivity index is 1.32. The molecule has 4 rings (SSSR count). The van der Waals surface area contributed by atoms with Crippen molar-refractivity contribution < 1.29 is 9.53 Å². The molecular formula is C21H22N4O2S2. The summed E-state index contributed by atoms with van der Waals surface area (Å²) in [5.74, 6) is 1.76. The molecule has 3 aromatic rings. The number of rotatable bonds is 7. The lowest BCUT2D eigenvalue weighted by Crippen LogP contribution is -2.33. The lowest BCUT2D eigenvalue weighted by atomic mass is 10.3. The summed E-state index contributed by atoms with van der Waals surface area (Å²) in [5.41, 5.74) is 0.902. The van der Waals surface area contributed by atoms with Crippen LogP contribution in [0, 0.1) is 0 Å². The molecule has 0 aliphatic carbocycles. The number of benzene rings is 2. The van der Waals surface area contributed by atoms with E-state index in [1.54, 1.807) is 0 Å². The van der Waals surface area contributed by atoms with Gasteiger partial charge in [0, 0.05) is 18.8 Å². The molecule has 1 amide bonds. The third kappa shape index (κ3) is 5.27. The first kappa shape index (κ1) is 19.7. The first-order valence-corrected chi connectivity index (χ1v) is 11.3. The van der Waals surface area contributed by atoms with Crippen molar-refractivity contribution in [2.75, 3.05) is 18.4 Å². The van der Waals surface area contributed by atoms with E-state index in [-0.39, 0.29) is 11.2 Å². The fraction of sp³-hybridized carbons (Fsp3) is 0.286. The third-order valence-electron chi connectivity index (χ3n) is 4.53. The summed E-state index contributed by atoms with van der Waals surface area (Å²) in [4.78, 5) is 14.4. The van der Waals surface area contributed by atoms with E-state index in [0.717, 1.165) is 47.5 Å². The molecule has 29 heavy (non-hydrogen) atoms. The van der Waals surface area contributed by atoms with Crippen LogP contribution in [0.25, 0.3) is 0 Å². The van der Waals surface area contributed by atoms with Crippen LogP contribution in [0.4, 0.5) is 10.8 Å². The van der Waals surface area contributed by atoms with Crippen LogP contribution in [0.5, 0.6) is 11.5 Å². The number of amides is 1. The van der Waals surface area contributed by atoms with Gasteiger partial charge in [-0.05, 0) is 56.2 Å². The van der Waals surface area contributed by atoms with Crippen molar-refractivity contribution >= 4 is 39.8 Å². The van der Waals surface area contributed by atoms with E-state index in [1.165, 1.54) is 23.1 Å². The SMILES string of the molecule is C[C@@H](Sc1nnc(Nc2ccc(Oc3ccccc3)cc2)s1)C(=O)N1CCCC1. The van der Waals surface area contributed by atoms with Crippen LogP contribution in [-0.2, 0) is 4.79 Å². The number of aromatic nitrogens is 2. The molecule has 1 fully saturated rings. The highest BCUT2D eigenvalue weighted by molar-refractivity contribution is 8.02. The van der Waals surface area contributed by atoms with E-state index in [2.05, 4.69) is 15.5 Å². The summed E-state index contributed by atoms with van der Waals surface area (Å²) in [5, 5.41) is 12.2. The Morgan fingerprint density at radius 2 is 1.76 bits per heavy atom. The Labute approximate surface area is 178 Å². The fourth-order valence-electron chi connectivity index (χ4n) is 3.06. The Bertz CT molecular complexity index is 941. The van der Waals surface area contributed by atoms with E-state index < -0.39 is 0 Å². The zero-order chi connectivity index (χ0) is 20.1. The Kier molecular flexibility index (Phi) is 6.31. The quantitative estimate of drug-likeness (QED) is 0.525. The molecule has 1 atom stereocenters. The number of ether oxygens (including phenoxy) is 1. The monoisotopic (exact) mass is 426 g/mol. The summed E-state index contributed by atoms with van der Waals surface area (Å²) >= 11 is 2.92. The van der Waals surface area contributed by atoms with Crippen LogP contribution in [0.1, 0.15) is 19.8 Å². The van der Waals surface area contributed by atoms with Crippen LogP contribution in [0.3, 0.4) is 0 Å². The first-order valence-electron chi connectivity index (χ1n) is 9.56. The van der Waals surface area contributed by atoms with Gasteiger partial charge in [0.25, 0.3) is 0 Å². The van der Waals surface area contributed by atoms with Gasteiger partial charge in [0.1, 0.15) is 11.5 Å². The number of thioether (sulfide) groups is 1. The average Bonchev–Trinajstić information content (AvgIpc) is 3.42. The maximum atomic E-state index is 12.4. The summed E-state index contributed by atoms with van der Waals surface area (Å²) in [6.07, 6.45) is 2.20. The largest absolute Gasteiger partial charge is 0.457 e. The van der Waals surface area contributed by atoms with Crippen LogP contribution in [0.2, 0.25) is 0 Å². The second-order valence-corrected chi connectivity index (χ2v) is 9.30. The van der Waals surface area contributed by atoms with Crippen molar-refractivity contribution in [3.05, 3.63) is 54.6 Å². The average molecular weight is 427 g/mol. The molecule has 2 heterocycles. The van der Waals surface area contributed by atoms with E-state index in [0.29, 0.717) is 5.13 Å². The fourth-order valence-corrected chi connectivity index (χ4v) is 5.06. The van der Waals surface area contributed by atoms with Crippen molar-refractivity contribution in [1.82, 2.24) is 15.1 Å². The number of carbonyl (C=O) groups is 1. The lowest BCUT2D eigenvalue weighted by molar-refractivity contribution is -0.129. The van der Waals surface area contributed by atoms with Crippen LogP contribution >= 0.6 is 23.1 Å². The van der Waals surface area contributed by atoms with Crippen molar-refractivity contribution in [2.45, 2.75) is 29.4 Å². The summed E-state index contributed by atoms with van der Waals surface area (Å²) in [6, 6.07) is 17.4. The molecule has 1 aliphatic rings. The van der Waals surface area contributed by atoms with Crippen LogP contribution in [-0.4, -0.2) is 39.3 Å². The number of hydrogen-bond donors (Lipinski definition) is 1. The highest BCUT2D eigenvalue weighted by Crippen LogP contribution is 2.32. The molecule has 1 aliphatic heterocycles. The molecule has 150 valence electrons. The summed E-state index contributed by atoms with van der Waals surface area (Å²) in [7, 11) is 0. The lowest BCUT2D eigenvalue weighted by Gasteiger charge is -2.18. The Morgan fingerprint density at radius 3 is 2.48 bits per heavy atom. The number of nitrogens with one attached hydrogen (secondary N) is 1. The number of para-hydroxylation sites is 1. The smallest absolute Gasteiger partial charge is 0.235 e. The molecule has 0 saturated carbocycles. The van der Waals surface area contributed by atoms with Gasteiger partial charge in [-0.2, -0.15) is 0 Å². The van der Waals surface area contributed by atoms with E-state index in [4.69, 9.17) is 4.74 Å². The van der Waals surface area contributed by atoms with Gasteiger partial charge in [-0.15, -0.1) is 10.2 Å². The van der Waals surface area contributed by atoms with Crippen molar-refractivity contribution in [2.24, 2.45) is 0 Å². The van der Waals surface area contributed by atoms with Gasteiger partial charge in [-0.3, -0.25) is 4.79 Å². The van der Waals surface area contributed by atoms with E-state index >= 15 is 0 Å². The molecule has 0 radical (unpaired) electrons. The molecule has 0 spiro atoms. The van der Waals surface area contributed by atoms with Gasteiger partial charge in [0.2, 0.25) is 11.0 Å². The molecule has 0 unspecified atom stereocenters. The molecule has 1 aromatic heterocycles. The van der Waals surface area contributed by atoms with Gasteiger partial charge in [-0.25, -0.2) is 0 Å². The minimum absolute atomic E-state index is 0.150. The predicted molar refractivity (Wildman–Crippen MR) is 117 cm³/mol. The Hall–Kier alpha value is -2.58. The van der Waals surface area contributed by atoms with Crippen molar-refractivity contribution in [3.63, 3.8) is 0 Å². The van der Waals surface area contributed by atoms with Crippen molar-refractivity contribution in [3.8, 4) is 11.5 Å². The minimum Gasteiger partial charge on any atom is -0.457 e. The molecule has 2 aromatic carbocycles. The van der Waals surface area contributed by atoms with E-state index in [9.17, 15) is 4.79 Å². The van der Waals surface area contributed by atoms with Crippen LogP contribution < -0.4 is 10.1 Å². The maximum absolute atomic E-state index is 12.4. The van der Waals surface area contributed by atoms with Gasteiger partial charge in [-0.1, -0.05) is 41.3 Å². The highest BCUT2D eigenvalue weighted by Gasteiger charge is 2.25. The predicted octanol–water partition coefficient (Wildman–Crippen LogP) is 5.18. The first-order chi connectivity index (χ1) is 14.2. The summed E-state index contributed by atoms with van der Waals surface area (Å²) in [6.45, 7) is 3.68. The molecule has 6 nitrogen and oxygen atoms in total. The van der Waals surface area contributed by atoms with Gasteiger partial charge < -0.3 is 15.0 Å². The molecule has 1 saturated heterocycles. The molecule has 0 bridgehead atoms. The Morgan fingerprint density at radius 1 is 1.07 bits per heavy atom. The van der Waals surface area contributed by atoms with E-state index in [1.807, 2.05) is 66.4 Å². The number of carbonyl (C=O) groups excluding carboxylic acids is 1. The van der Waals surface area contributed by atoms with Gasteiger partial charge in [0.15, 0.2) is 4.34 Å². The molecular weight excluding hydrogens is 404 g/mol. The zero-order valence-electron chi connectivity index (χ0n) is 16.1. The minimum atomic E-state index is -0.150. The number of likely N-dealkylation sites (tertiary alicyclic amines) is 1. The van der Waals surface area contributed by atoms with Crippen molar-refractivity contribution in [1.29, 1.82) is 0 Å². The second-order valence-electron chi connectivity index (χ2n) is 6.73. The number of anilines is 2. The zero-order valence-corrected chi connectivity index (χ0v) is 17.7. The molecule has 8 heteroatoms. The van der Waals surface area contributed by atoms with Gasteiger partial charge in [0.05, 0.1) is 5.25 Å². The highest BCUT2D eigenvalue weighted by atomic mass is 32.2. The number of hydrogen-bond acceptors (Lipinski definition) is 7. The second kappa shape index (κ2) is 9.28.